The molecule has 0 aromatic carbocycles. The Morgan fingerprint density at radius 3 is 0.888 bits per heavy atom. The predicted octanol–water partition coefficient (Wildman–Crippen LogP) is 23.3. The molecule has 0 saturated carbocycles. The van der Waals surface area contributed by atoms with Crippen LogP contribution in [0.4, 0.5) is 0 Å². The summed E-state index contributed by atoms with van der Waals surface area (Å²) in [6.45, 7) is 2.89. The van der Waals surface area contributed by atoms with Crippen molar-refractivity contribution >= 4 is 5.91 Å². The van der Waals surface area contributed by atoms with Gasteiger partial charge >= 0.3 is 0 Å². The van der Waals surface area contributed by atoms with Gasteiger partial charge in [-0.2, -0.15) is 0 Å². The first kappa shape index (κ1) is 102. The Hall–Kier alpha value is -1.53. The van der Waals surface area contributed by atoms with E-state index in [-0.39, 0.29) is 18.9 Å². The number of ether oxygens (including phenoxy) is 4. The molecule has 2 aliphatic rings. The van der Waals surface area contributed by atoms with Gasteiger partial charge in [-0.1, -0.05) is 443 Å². The van der Waals surface area contributed by atoms with Crippen LogP contribution in [0.1, 0.15) is 470 Å². The Morgan fingerprint density at radius 2 is 0.589 bits per heavy atom. The highest BCUT2D eigenvalue weighted by Crippen LogP contribution is 2.31. The molecule has 14 heteroatoms. The van der Waals surface area contributed by atoms with Crippen molar-refractivity contribution in [3.05, 3.63) is 24.3 Å². The topological polar surface area (TPSA) is 228 Å². The Balaban J connectivity index is 1.53. The van der Waals surface area contributed by atoms with Crippen molar-refractivity contribution in [2.24, 2.45) is 0 Å². The first-order valence-electron chi connectivity index (χ1n) is 47.1. The quantitative estimate of drug-likeness (QED) is 0.0204. The van der Waals surface area contributed by atoms with E-state index >= 15 is 0 Å². The van der Waals surface area contributed by atoms with Crippen molar-refractivity contribution in [1.82, 2.24) is 5.32 Å². The summed E-state index contributed by atoms with van der Waals surface area (Å²) in [5, 5.41) is 87.9. The van der Waals surface area contributed by atoms with Gasteiger partial charge in [0.2, 0.25) is 5.91 Å². The summed E-state index contributed by atoms with van der Waals surface area (Å²) in [5.41, 5.74) is 0. The second-order valence-corrected chi connectivity index (χ2v) is 33.5. The van der Waals surface area contributed by atoms with Crippen molar-refractivity contribution in [2.75, 3.05) is 19.8 Å². The maximum absolute atomic E-state index is 13.4. The number of hydrogen-bond donors (Lipinski definition) is 9. The van der Waals surface area contributed by atoms with Crippen LogP contribution in [0.5, 0.6) is 0 Å². The van der Waals surface area contributed by atoms with E-state index in [1.807, 2.05) is 6.08 Å². The molecule has 0 spiro atoms. The molecule has 14 nitrogen and oxygen atoms in total. The van der Waals surface area contributed by atoms with Gasteiger partial charge in [0.25, 0.3) is 0 Å². The highest BCUT2D eigenvalue weighted by molar-refractivity contribution is 5.76. The third-order valence-corrected chi connectivity index (χ3v) is 23.4. The van der Waals surface area contributed by atoms with Crippen LogP contribution in [0.25, 0.3) is 0 Å². The highest BCUT2D eigenvalue weighted by atomic mass is 16.7. The van der Waals surface area contributed by atoms with E-state index in [9.17, 15) is 45.6 Å². The summed E-state index contributed by atoms with van der Waals surface area (Å²) in [7, 11) is 0. The van der Waals surface area contributed by atoms with Crippen molar-refractivity contribution in [3.8, 4) is 0 Å². The van der Waals surface area contributed by atoms with E-state index in [1.165, 1.54) is 405 Å². The lowest BCUT2D eigenvalue weighted by atomic mass is 9.97. The second-order valence-electron chi connectivity index (χ2n) is 33.5. The van der Waals surface area contributed by atoms with E-state index in [2.05, 4.69) is 31.3 Å². The minimum atomic E-state index is -1.79. The first-order chi connectivity index (χ1) is 52.6. The molecular weight excluding hydrogens is 1340 g/mol. The largest absolute Gasteiger partial charge is 0.394 e. The zero-order chi connectivity index (χ0) is 77.2. The zero-order valence-electron chi connectivity index (χ0n) is 70.2. The molecule has 1 amide bonds. The highest BCUT2D eigenvalue weighted by Gasteiger charge is 2.51. The molecule has 0 bridgehead atoms. The molecule has 2 rings (SSSR count). The van der Waals surface area contributed by atoms with Crippen molar-refractivity contribution in [2.45, 2.75) is 543 Å². The van der Waals surface area contributed by atoms with Crippen LogP contribution in [0.15, 0.2) is 24.3 Å². The predicted molar refractivity (Wildman–Crippen MR) is 448 cm³/mol. The Morgan fingerprint density at radius 1 is 0.327 bits per heavy atom. The number of carbonyl (C=O) groups is 1. The fraction of sp³-hybridized carbons (Fsp3) is 0.946. The smallest absolute Gasteiger partial charge is 0.220 e. The maximum Gasteiger partial charge on any atom is 0.220 e. The number of amides is 1. The summed E-state index contributed by atoms with van der Waals surface area (Å²) in [6, 6.07) is -0.914. The standard InChI is InChI=1S/C93H179NO13/c1-3-5-7-9-11-13-15-17-19-21-23-25-27-29-31-33-35-37-38-39-40-41-42-43-44-45-47-49-51-53-55-57-59-61-63-65-67-69-71-73-75-77-85(98)94-81(80-104-92-90(103)88(101)91(84(79-96)106-92)107-93-89(102)87(100)86(99)83(78-95)105-93)82(97)76-74-72-70-68-66-64-62-60-58-56-54-52-50-48-46-36-34-32-30-28-26-24-22-20-18-16-14-12-10-8-6-4-2/h21,23,74,76,81-84,86-93,95-97,99-103H,3-20,22,24-73,75,77-80H2,1-2H3,(H,94,98)/b23-21-,76-74+. The number of aliphatic hydroxyl groups is 8. The first-order valence-corrected chi connectivity index (χ1v) is 47.1. The molecule has 2 saturated heterocycles. The number of carbonyl (C=O) groups excluding carboxylic acids is 1. The van der Waals surface area contributed by atoms with Gasteiger partial charge in [-0.3, -0.25) is 4.79 Å². The number of hydrogen-bond acceptors (Lipinski definition) is 13. The molecule has 0 radical (unpaired) electrons. The fourth-order valence-corrected chi connectivity index (χ4v) is 16.0. The molecule has 107 heavy (non-hydrogen) atoms. The lowest BCUT2D eigenvalue weighted by Gasteiger charge is -2.46. The average molecular weight is 1520 g/mol. The normalized spacial score (nSPS) is 21.2. The molecular formula is C93H179NO13. The minimum absolute atomic E-state index is 0.228. The van der Waals surface area contributed by atoms with Crippen LogP contribution < -0.4 is 5.32 Å². The number of nitrogens with one attached hydrogen (secondary N) is 1. The van der Waals surface area contributed by atoms with Crippen molar-refractivity contribution < 1.29 is 64.6 Å². The summed E-state index contributed by atoms with van der Waals surface area (Å²) in [4.78, 5) is 13.4. The summed E-state index contributed by atoms with van der Waals surface area (Å²) < 4.78 is 23.0. The molecule has 634 valence electrons. The van der Waals surface area contributed by atoms with Gasteiger partial charge in [-0.15, -0.1) is 0 Å². The molecule has 2 aliphatic heterocycles. The summed E-state index contributed by atoms with van der Waals surface area (Å²) in [6.07, 6.45) is 86.1. The average Bonchev–Trinajstić information content (AvgIpc) is 0.789. The van der Waals surface area contributed by atoms with E-state index < -0.39 is 86.8 Å². The summed E-state index contributed by atoms with van der Waals surface area (Å²) in [5.74, 6) is -0.228. The van der Waals surface area contributed by atoms with E-state index in [1.54, 1.807) is 6.08 Å². The fourth-order valence-electron chi connectivity index (χ4n) is 16.0. The monoisotopic (exact) mass is 1520 g/mol. The summed E-state index contributed by atoms with van der Waals surface area (Å²) >= 11 is 0. The van der Waals surface area contributed by atoms with Gasteiger partial charge in [0.15, 0.2) is 12.6 Å². The lowest BCUT2D eigenvalue weighted by Crippen LogP contribution is -2.65. The van der Waals surface area contributed by atoms with E-state index in [0.29, 0.717) is 6.42 Å². The third kappa shape index (κ3) is 58.9. The van der Waals surface area contributed by atoms with E-state index in [4.69, 9.17) is 18.9 Å². The molecule has 9 N–H and O–H groups in total. The minimum Gasteiger partial charge on any atom is -0.394 e. The Labute approximate surface area is 659 Å². The van der Waals surface area contributed by atoms with Crippen LogP contribution in [0, 0.1) is 0 Å². The number of rotatable bonds is 82. The van der Waals surface area contributed by atoms with Gasteiger partial charge in [-0.25, -0.2) is 0 Å². The number of aliphatic hydroxyl groups excluding tert-OH is 8. The molecule has 2 heterocycles. The molecule has 0 aromatic heterocycles. The third-order valence-electron chi connectivity index (χ3n) is 23.4. The van der Waals surface area contributed by atoms with Crippen molar-refractivity contribution in [3.63, 3.8) is 0 Å². The van der Waals surface area contributed by atoms with Gasteiger partial charge in [-0.05, 0) is 44.9 Å². The van der Waals surface area contributed by atoms with Gasteiger partial charge in [0.1, 0.15) is 48.8 Å². The number of allylic oxidation sites excluding steroid dienone is 3. The molecule has 0 aromatic rings. The van der Waals surface area contributed by atoms with Crippen LogP contribution in [0.2, 0.25) is 0 Å². The number of unbranched alkanes of at least 4 members (excludes halogenated alkanes) is 67. The van der Waals surface area contributed by atoms with Crippen LogP contribution >= 0.6 is 0 Å². The van der Waals surface area contributed by atoms with Crippen LogP contribution in [0.3, 0.4) is 0 Å². The van der Waals surface area contributed by atoms with Gasteiger partial charge < -0.3 is 65.1 Å². The molecule has 12 atom stereocenters. The Bertz CT molecular complexity index is 1890. The van der Waals surface area contributed by atoms with E-state index in [0.717, 1.165) is 38.5 Å². The zero-order valence-corrected chi connectivity index (χ0v) is 70.2. The maximum atomic E-state index is 13.4. The second kappa shape index (κ2) is 77.1. The van der Waals surface area contributed by atoms with Gasteiger partial charge in [0, 0.05) is 6.42 Å². The lowest BCUT2D eigenvalue weighted by molar-refractivity contribution is -0.359. The Kier molecular flexibility index (Phi) is 73.1. The molecule has 0 aliphatic carbocycles. The van der Waals surface area contributed by atoms with Crippen LogP contribution in [-0.2, 0) is 23.7 Å². The van der Waals surface area contributed by atoms with Crippen molar-refractivity contribution in [1.29, 1.82) is 0 Å². The van der Waals surface area contributed by atoms with Crippen LogP contribution in [-0.4, -0.2) is 140 Å². The molecule has 12 unspecified atom stereocenters. The SMILES string of the molecule is CCCCCCCCCC/C=C\CCCCCCCCCCCCCCCCCCCCCCCCCCCCCCCC(=O)NC(COC1OC(CO)C(OC2OC(CO)C(O)C(O)C2O)C(O)C1O)C(O)/C=C/CCCCCCCCCCCCCCCCCCCCCCCCCCCCCCCC. The van der Waals surface area contributed by atoms with Gasteiger partial charge in [0.05, 0.1) is 32.0 Å². The molecule has 2 fully saturated rings.